The molecule has 0 spiro atoms. The van der Waals surface area contributed by atoms with Crippen molar-refractivity contribution in [1.82, 2.24) is 29.5 Å². The number of hydrogen-bond acceptors (Lipinski definition) is 5. The van der Waals surface area contributed by atoms with Crippen LogP contribution in [0.1, 0.15) is 35.5 Å². The maximum Gasteiger partial charge on any atom is 0.244 e. The van der Waals surface area contributed by atoms with Gasteiger partial charge < -0.3 is 14.6 Å². The summed E-state index contributed by atoms with van der Waals surface area (Å²) in [5.74, 6) is 1.48. The Morgan fingerprint density at radius 3 is 2.76 bits per heavy atom. The molecule has 2 aromatic heterocycles. The molecule has 1 N–H and O–H groups in total. The Balaban J connectivity index is 1.48. The van der Waals surface area contributed by atoms with Crippen molar-refractivity contribution >= 4 is 5.91 Å². The van der Waals surface area contributed by atoms with Gasteiger partial charge in [0.25, 0.3) is 0 Å². The van der Waals surface area contributed by atoms with Crippen molar-refractivity contribution < 1.29 is 9.53 Å². The first-order valence-corrected chi connectivity index (χ1v) is 10.6. The molecule has 8 heteroatoms. The molecule has 0 saturated carbocycles. The van der Waals surface area contributed by atoms with Gasteiger partial charge in [0, 0.05) is 49.9 Å². The normalized spacial score (nSPS) is 22.7. The summed E-state index contributed by atoms with van der Waals surface area (Å²) in [5.41, 5.74) is 4.22. The monoisotopic (exact) mass is 400 g/mol. The molecule has 2 bridgehead atoms. The van der Waals surface area contributed by atoms with E-state index in [9.17, 15) is 4.79 Å². The predicted molar refractivity (Wildman–Crippen MR) is 109 cm³/mol. The second-order valence-corrected chi connectivity index (χ2v) is 8.49. The number of imidazole rings is 1. The number of aryl methyl sites for hydroxylation is 4. The zero-order valence-electron chi connectivity index (χ0n) is 17.9. The number of aromatic amines is 1. The summed E-state index contributed by atoms with van der Waals surface area (Å²) in [6, 6.07) is 2.08. The lowest BCUT2D eigenvalue weighted by atomic mass is 10.1. The third-order valence-electron chi connectivity index (χ3n) is 6.00. The van der Waals surface area contributed by atoms with Crippen LogP contribution in [0, 0.1) is 26.7 Å². The highest BCUT2D eigenvalue weighted by Gasteiger charge is 2.36. The highest BCUT2D eigenvalue weighted by Crippen LogP contribution is 2.22. The van der Waals surface area contributed by atoms with E-state index in [1.807, 2.05) is 29.5 Å². The molecule has 4 heterocycles. The smallest absolute Gasteiger partial charge is 0.244 e. The molecule has 29 heavy (non-hydrogen) atoms. The van der Waals surface area contributed by atoms with Crippen molar-refractivity contribution in [1.29, 1.82) is 0 Å². The Labute approximate surface area is 172 Å². The minimum atomic E-state index is 0.0665. The van der Waals surface area contributed by atoms with E-state index in [0.717, 1.165) is 61.2 Å². The van der Waals surface area contributed by atoms with Gasteiger partial charge >= 0.3 is 0 Å². The Morgan fingerprint density at radius 2 is 2.07 bits per heavy atom. The predicted octanol–water partition coefficient (Wildman–Crippen LogP) is 1.45. The van der Waals surface area contributed by atoms with Crippen LogP contribution in [-0.4, -0.2) is 74.3 Å². The number of carbonyl (C=O) groups excluding carboxylic acids is 1. The molecule has 0 unspecified atom stereocenters. The van der Waals surface area contributed by atoms with Crippen LogP contribution in [0.25, 0.3) is 0 Å². The molecule has 2 aromatic rings. The topological polar surface area (TPSA) is 79.3 Å². The van der Waals surface area contributed by atoms with Gasteiger partial charge in [0.05, 0.1) is 30.6 Å². The van der Waals surface area contributed by atoms with Crippen LogP contribution in [0.2, 0.25) is 0 Å². The van der Waals surface area contributed by atoms with Gasteiger partial charge in [-0.25, -0.2) is 4.98 Å². The number of nitrogens with zero attached hydrogens (tertiary/aromatic N) is 5. The first-order chi connectivity index (χ1) is 13.9. The van der Waals surface area contributed by atoms with Gasteiger partial charge in [-0.1, -0.05) is 6.92 Å². The molecule has 158 valence electrons. The molecule has 2 atom stereocenters. The lowest BCUT2D eigenvalue weighted by molar-refractivity contribution is -0.134. The molecule has 2 fully saturated rings. The number of aromatic nitrogens is 4. The van der Waals surface area contributed by atoms with Gasteiger partial charge in [0.1, 0.15) is 12.4 Å². The van der Waals surface area contributed by atoms with E-state index in [1.165, 1.54) is 0 Å². The Kier molecular flexibility index (Phi) is 5.74. The molecule has 1 amide bonds. The van der Waals surface area contributed by atoms with E-state index >= 15 is 0 Å². The average Bonchev–Trinajstić information content (AvgIpc) is 3.01. The third-order valence-corrected chi connectivity index (χ3v) is 6.00. The number of carbonyl (C=O) groups is 1. The van der Waals surface area contributed by atoms with Crippen molar-refractivity contribution in [3.8, 4) is 0 Å². The van der Waals surface area contributed by atoms with Crippen molar-refractivity contribution in [3.63, 3.8) is 0 Å². The van der Waals surface area contributed by atoms with Gasteiger partial charge in [-0.3, -0.25) is 14.4 Å². The lowest BCUT2D eigenvalue weighted by Gasteiger charge is -2.31. The van der Waals surface area contributed by atoms with Crippen LogP contribution in [0.15, 0.2) is 6.07 Å². The third kappa shape index (κ3) is 4.38. The van der Waals surface area contributed by atoms with Gasteiger partial charge in [-0.05, 0) is 26.8 Å². The highest BCUT2D eigenvalue weighted by molar-refractivity contribution is 5.76. The zero-order valence-corrected chi connectivity index (χ0v) is 17.9. The highest BCUT2D eigenvalue weighted by atomic mass is 16.5. The van der Waals surface area contributed by atoms with Crippen LogP contribution in [0.5, 0.6) is 0 Å². The van der Waals surface area contributed by atoms with Crippen LogP contribution in [-0.2, 0) is 29.0 Å². The summed E-state index contributed by atoms with van der Waals surface area (Å²) < 4.78 is 7.71. The SMILES string of the molecule is CCc1nc(CN2C[C@@H]3COC[C@H](C2)N(C(=O)Cn2nc(C)cc2C)C3)c(C)[nH]1. The Morgan fingerprint density at radius 1 is 1.24 bits per heavy atom. The molecule has 2 aliphatic rings. The minimum Gasteiger partial charge on any atom is -0.379 e. The summed E-state index contributed by atoms with van der Waals surface area (Å²) in [7, 11) is 0. The molecule has 0 aliphatic carbocycles. The van der Waals surface area contributed by atoms with Crippen LogP contribution >= 0.6 is 0 Å². The number of hydrogen-bond donors (Lipinski definition) is 1. The second kappa shape index (κ2) is 8.28. The number of fused-ring (bicyclic) bond motifs is 3. The van der Waals surface area contributed by atoms with Gasteiger partial charge in [0.2, 0.25) is 5.91 Å². The number of rotatable bonds is 5. The quantitative estimate of drug-likeness (QED) is 0.822. The first-order valence-electron chi connectivity index (χ1n) is 10.6. The van der Waals surface area contributed by atoms with E-state index in [2.05, 4.69) is 28.8 Å². The standard InChI is InChI=1S/C21H32N6O2/c1-5-20-22-16(4)19(23-20)10-25-7-17-8-26(18(9-25)13-29-12-17)21(28)11-27-15(3)6-14(2)24-27/h6,17-18H,5,7-13H2,1-4H3,(H,22,23)/t17-,18-/m0/s1. The van der Waals surface area contributed by atoms with Crippen molar-refractivity contribution in [3.05, 3.63) is 34.7 Å². The van der Waals surface area contributed by atoms with Gasteiger partial charge in [-0.2, -0.15) is 5.10 Å². The Bertz CT molecular complexity index is 873. The summed E-state index contributed by atoms with van der Waals surface area (Å²) in [6.45, 7) is 13.0. The summed E-state index contributed by atoms with van der Waals surface area (Å²) >= 11 is 0. The number of ether oxygens (including phenoxy) is 1. The molecule has 0 radical (unpaired) electrons. The molecular formula is C21H32N6O2. The van der Waals surface area contributed by atoms with Crippen LogP contribution < -0.4 is 0 Å². The van der Waals surface area contributed by atoms with Crippen LogP contribution in [0.4, 0.5) is 0 Å². The second-order valence-electron chi connectivity index (χ2n) is 8.49. The molecule has 8 nitrogen and oxygen atoms in total. The van der Waals surface area contributed by atoms with Gasteiger partial charge in [0.15, 0.2) is 0 Å². The van der Waals surface area contributed by atoms with E-state index in [-0.39, 0.29) is 11.9 Å². The van der Waals surface area contributed by atoms with Crippen molar-refractivity contribution in [2.75, 3.05) is 32.8 Å². The molecule has 0 aromatic carbocycles. The van der Waals surface area contributed by atoms with E-state index < -0.39 is 0 Å². The fraction of sp³-hybridized carbons (Fsp3) is 0.667. The number of H-pyrrole nitrogens is 1. The molecule has 2 saturated heterocycles. The molecule has 2 aliphatic heterocycles. The van der Waals surface area contributed by atoms with Crippen LogP contribution in [0.3, 0.4) is 0 Å². The largest absolute Gasteiger partial charge is 0.379 e. The average molecular weight is 401 g/mol. The van der Waals surface area contributed by atoms with E-state index in [1.54, 1.807) is 0 Å². The summed E-state index contributed by atoms with van der Waals surface area (Å²) in [4.78, 5) is 25.8. The van der Waals surface area contributed by atoms with Crippen molar-refractivity contribution in [2.45, 2.75) is 53.2 Å². The molecule has 4 rings (SSSR count). The fourth-order valence-electron chi connectivity index (χ4n) is 4.53. The zero-order chi connectivity index (χ0) is 20.5. The van der Waals surface area contributed by atoms with Gasteiger partial charge in [-0.15, -0.1) is 0 Å². The molecular weight excluding hydrogens is 368 g/mol. The van der Waals surface area contributed by atoms with Crippen molar-refractivity contribution in [2.24, 2.45) is 5.92 Å². The van der Waals surface area contributed by atoms with E-state index in [4.69, 9.17) is 9.72 Å². The number of nitrogens with one attached hydrogen (secondary N) is 1. The maximum atomic E-state index is 13.2. The summed E-state index contributed by atoms with van der Waals surface area (Å²) in [6.07, 6.45) is 0.911. The maximum absolute atomic E-state index is 13.2. The Hall–Kier alpha value is -2.19. The lowest BCUT2D eigenvalue weighted by Crippen LogP contribution is -2.47. The first kappa shape index (κ1) is 20.1. The van der Waals surface area contributed by atoms with E-state index in [0.29, 0.717) is 25.7 Å². The number of amides is 1. The summed E-state index contributed by atoms with van der Waals surface area (Å²) in [5, 5.41) is 4.46. The fourth-order valence-corrected chi connectivity index (χ4v) is 4.53. The minimum absolute atomic E-state index is 0.0665.